The molecule has 0 bridgehead atoms. The molecule has 3 aromatic rings. The van der Waals surface area contributed by atoms with E-state index in [0.717, 1.165) is 5.56 Å². The van der Waals surface area contributed by atoms with Crippen molar-refractivity contribution in [3.63, 3.8) is 0 Å². The van der Waals surface area contributed by atoms with Crippen LogP contribution in [0.15, 0.2) is 66.7 Å². The van der Waals surface area contributed by atoms with Crippen LogP contribution in [-0.2, 0) is 6.61 Å². The van der Waals surface area contributed by atoms with E-state index in [-0.39, 0.29) is 5.91 Å². The number of rotatable bonds is 7. The molecule has 0 saturated carbocycles. The number of amides is 1. The average Bonchev–Trinajstić information content (AvgIpc) is 2.73. The van der Waals surface area contributed by atoms with Crippen LogP contribution in [0.3, 0.4) is 0 Å². The van der Waals surface area contributed by atoms with E-state index in [1.807, 2.05) is 18.2 Å². The van der Waals surface area contributed by atoms with Crippen LogP contribution in [0.5, 0.6) is 17.2 Å². The Hall–Kier alpha value is -3.18. The van der Waals surface area contributed by atoms with Crippen molar-refractivity contribution < 1.29 is 19.0 Å². The zero-order chi connectivity index (χ0) is 19.9. The Balaban J connectivity index is 1.74. The summed E-state index contributed by atoms with van der Waals surface area (Å²) in [5.74, 6) is 1.34. The smallest absolute Gasteiger partial charge is 0.259 e. The Kier molecular flexibility index (Phi) is 6.40. The number of para-hydroxylation sites is 1. The van der Waals surface area contributed by atoms with E-state index in [2.05, 4.69) is 5.32 Å². The van der Waals surface area contributed by atoms with Gasteiger partial charge in [0.2, 0.25) is 0 Å². The van der Waals surface area contributed by atoms with Crippen molar-refractivity contribution in [1.82, 2.24) is 0 Å². The summed E-state index contributed by atoms with van der Waals surface area (Å²) < 4.78 is 16.3. The third-order valence-electron chi connectivity index (χ3n) is 4.08. The number of benzene rings is 3. The Labute approximate surface area is 168 Å². The maximum Gasteiger partial charge on any atom is 0.259 e. The van der Waals surface area contributed by atoms with Crippen LogP contribution in [0.1, 0.15) is 15.9 Å². The van der Waals surface area contributed by atoms with Gasteiger partial charge in [-0.05, 0) is 42.0 Å². The number of anilines is 1. The van der Waals surface area contributed by atoms with Crippen LogP contribution in [0.2, 0.25) is 5.02 Å². The molecule has 144 valence electrons. The van der Waals surface area contributed by atoms with Gasteiger partial charge in [0, 0.05) is 16.8 Å². The number of carbonyl (C=O) groups excluding carboxylic acids is 1. The summed E-state index contributed by atoms with van der Waals surface area (Å²) in [6.45, 7) is 0.331. The molecule has 0 spiro atoms. The van der Waals surface area contributed by atoms with E-state index in [9.17, 15) is 4.79 Å². The van der Waals surface area contributed by atoms with Gasteiger partial charge in [-0.2, -0.15) is 0 Å². The quantitative estimate of drug-likeness (QED) is 0.596. The van der Waals surface area contributed by atoms with Gasteiger partial charge >= 0.3 is 0 Å². The summed E-state index contributed by atoms with van der Waals surface area (Å²) in [5.41, 5.74) is 1.99. The standard InChI is InChI=1S/C22H20ClNO4/c1-26-20-12-11-17(13-21(20)27-2)24-22(25)18-5-3-4-6-19(18)28-14-15-7-9-16(23)10-8-15/h3-13H,14H2,1-2H3,(H,24,25). The molecule has 3 aromatic carbocycles. The number of ether oxygens (including phenoxy) is 3. The Morgan fingerprint density at radius 2 is 1.61 bits per heavy atom. The summed E-state index contributed by atoms with van der Waals surface area (Å²) in [4.78, 5) is 12.8. The van der Waals surface area contributed by atoms with Gasteiger partial charge in [0.1, 0.15) is 12.4 Å². The van der Waals surface area contributed by atoms with Gasteiger partial charge in [-0.3, -0.25) is 4.79 Å². The largest absolute Gasteiger partial charge is 0.493 e. The lowest BCUT2D eigenvalue weighted by Gasteiger charge is -2.13. The molecule has 1 N–H and O–H groups in total. The van der Waals surface area contributed by atoms with Crippen molar-refractivity contribution >= 4 is 23.2 Å². The maximum atomic E-state index is 12.8. The van der Waals surface area contributed by atoms with Crippen LogP contribution >= 0.6 is 11.6 Å². The van der Waals surface area contributed by atoms with Crippen molar-refractivity contribution in [2.45, 2.75) is 6.61 Å². The zero-order valence-corrected chi connectivity index (χ0v) is 16.3. The minimum absolute atomic E-state index is 0.279. The summed E-state index contributed by atoms with van der Waals surface area (Å²) in [7, 11) is 3.10. The normalized spacial score (nSPS) is 10.2. The highest BCUT2D eigenvalue weighted by Crippen LogP contribution is 2.30. The predicted octanol–water partition coefficient (Wildman–Crippen LogP) is 5.19. The minimum Gasteiger partial charge on any atom is -0.493 e. The molecule has 0 unspecified atom stereocenters. The molecule has 0 aliphatic rings. The fourth-order valence-electron chi connectivity index (χ4n) is 2.63. The van der Waals surface area contributed by atoms with Crippen LogP contribution in [0.25, 0.3) is 0 Å². The fraction of sp³-hybridized carbons (Fsp3) is 0.136. The second kappa shape index (κ2) is 9.15. The first-order valence-electron chi connectivity index (χ1n) is 8.60. The molecule has 28 heavy (non-hydrogen) atoms. The van der Waals surface area contributed by atoms with E-state index in [4.69, 9.17) is 25.8 Å². The molecule has 0 aliphatic heterocycles. The van der Waals surface area contributed by atoms with Gasteiger partial charge in [-0.1, -0.05) is 35.9 Å². The number of methoxy groups -OCH3 is 2. The molecule has 3 rings (SSSR count). The van der Waals surface area contributed by atoms with Gasteiger partial charge in [-0.15, -0.1) is 0 Å². The van der Waals surface area contributed by atoms with Gasteiger partial charge in [0.15, 0.2) is 11.5 Å². The molecular weight excluding hydrogens is 378 g/mol. The number of nitrogens with one attached hydrogen (secondary N) is 1. The van der Waals surface area contributed by atoms with E-state index >= 15 is 0 Å². The van der Waals surface area contributed by atoms with Crippen molar-refractivity contribution in [2.75, 3.05) is 19.5 Å². The van der Waals surface area contributed by atoms with Gasteiger partial charge < -0.3 is 19.5 Å². The number of hydrogen-bond acceptors (Lipinski definition) is 4. The second-order valence-corrected chi connectivity index (χ2v) is 6.37. The first-order valence-corrected chi connectivity index (χ1v) is 8.98. The van der Waals surface area contributed by atoms with E-state index in [0.29, 0.717) is 40.1 Å². The van der Waals surface area contributed by atoms with Gasteiger partial charge in [0.25, 0.3) is 5.91 Å². The van der Waals surface area contributed by atoms with Gasteiger partial charge in [-0.25, -0.2) is 0 Å². The van der Waals surface area contributed by atoms with Crippen LogP contribution in [0.4, 0.5) is 5.69 Å². The third-order valence-corrected chi connectivity index (χ3v) is 4.33. The lowest BCUT2D eigenvalue weighted by atomic mass is 10.1. The SMILES string of the molecule is COc1ccc(NC(=O)c2ccccc2OCc2ccc(Cl)cc2)cc1OC. The first-order chi connectivity index (χ1) is 13.6. The molecule has 6 heteroatoms. The highest BCUT2D eigenvalue weighted by atomic mass is 35.5. The molecule has 0 fully saturated rings. The van der Waals surface area contributed by atoms with Crippen molar-refractivity contribution in [3.8, 4) is 17.2 Å². The van der Waals surface area contributed by atoms with Crippen LogP contribution in [-0.4, -0.2) is 20.1 Å². The Bertz CT molecular complexity index is 957. The molecular formula is C22H20ClNO4. The monoisotopic (exact) mass is 397 g/mol. The summed E-state index contributed by atoms with van der Waals surface area (Å²) in [6.07, 6.45) is 0. The summed E-state index contributed by atoms with van der Waals surface area (Å²) >= 11 is 5.90. The lowest BCUT2D eigenvalue weighted by Crippen LogP contribution is -2.13. The first kappa shape index (κ1) is 19.6. The predicted molar refractivity (Wildman–Crippen MR) is 110 cm³/mol. The van der Waals surface area contributed by atoms with Crippen molar-refractivity contribution in [1.29, 1.82) is 0 Å². The molecule has 0 atom stereocenters. The molecule has 0 heterocycles. The second-order valence-electron chi connectivity index (χ2n) is 5.94. The molecule has 1 amide bonds. The van der Waals surface area contributed by atoms with Crippen molar-refractivity contribution in [2.24, 2.45) is 0 Å². The zero-order valence-electron chi connectivity index (χ0n) is 15.6. The van der Waals surface area contributed by atoms with E-state index in [1.165, 1.54) is 0 Å². The fourth-order valence-corrected chi connectivity index (χ4v) is 2.76. The highest BCUT2D eigenvalue weighted by molar-refractivity contribution is 6.30. The van der Waals surface area contributed by atoms with E-state index < -0.39 is 0 Å². The lowest BCUT2D eigenvalue weighted by molar-refractivity contribution is 0.102. The number of carbonyl (C=O) groups is 1. The summed E-state index contributed by atoms with van der Waals surface area (Å²) in [5, 5.41) is 3.52. The average molecular weight is 398 g/mol. The number of hydrogen-bond donors (Lipinski definition) is 1. The molecule has 0 saturated heterocycles. The molecule has 0 aromatic heterocycles. The Morgan fingerprint density at radius 1 is 0.893 bits per heavy atom. The van der Waals surface area contributed by atoms with Crippen molar-refractivity contribution in [3.05, 3.63) is 82.9 Å². The third kappa shape index (κ3) is 4.75. The van der Waals surface area contributed by atoms with Gasteiger partial charge in [0.05, 0.1) is 19.8 Å². The minimum atomic E-state index is -0.279. The maximum absolute atomic E-state index is 12.8. The van der Waals surface area contributed by atoms with E-state index in [1.54, 1.807) is 62.8 Å². The van der Waals surface area contributed by atoms with Crippen LogP contribution < -0.4 is 19.5 Å². The van der Waals surface area contributed by atoms with Crippen LogP contribution in [0, 0.1) is 0 Å². The molecule has 0 aliphatic carbocycles. The number of halogens is 1. The topological polar surface area (TPSA) is 56.8 Å². The summed E-state index contributed by atoms with van der Waals surface area (Å²) in [6, 6.07) is 19.6. The highest BCUT2D eigenvalue weighted by Gasteiger charge is 2.14. The Morgan fingerprint density at radius 3 is 2.32 bits per heavy atom. The molecule has 0 radical (unpaired) electrons. The molecule has 5 nitrogen and oxygen atoms in total.